The van der Waals surface area contributed by atoms with Gasteiger partial charge in [-0.3, -0.25) is 4.79 Å². The van der Waals surface area contributed by atoms with Crippen LogP contribution in [0, 0.1) is 0 Å². The molecule has 2 rings (SSSR count). The van der Waals surface area contributed by atoms with Crippen molar-refractivity contribution in [3.8, 4) is 0 Å². The first-order valence-corrected chi connectivity index (χ1v) is 6.68. The number of rotatable bonds is 5. The standard InChI is InChI=1S/C15H21N3O/c1-11(2)18(8-7-16)15(19)9-12-10-17-14-6-4-3-5-13(12)14/h3-6,10-11,17H,7-9,16H2,1-2H3. The minimum Gasteiger partial charge on any atom is -0.361 e. The highest BCUT2D eigenvalue weighted by atomic mass is 16.2. The molecule has 0 unspecified atom stereocenters. The molecule has 1 aromatic carbocycles. The molecule has 0 aliphatic heterocycles. The average molecular weight is 259 g/mol. The Labute approximate surface area is 113 Å². The summed E-state index contributed by atoms with van der Waals surface area (Å²) in [6.07, 6.45) is 2.34. The Kier molecular flexibility index (Phi) is 4.22. The van der Waals surface area contributed by atoms with Crippen molar-refractivity contribution >= 4 is 16.8 Å². The van der Waals surface area contributed by atoms with E-state index in [4.69, 9.17) is 5.73 Å². The third-order valence-corrected chi connectivity index (χ3v) is 3.33. The number of hydrogen-bond donors (Lipinski definition) is 2. The van der Waals surface area contributed by atoms with E-state index in [1.165, 1.54) is 0 Å². The Morgan fingerprint density at radius 1 is 1.37 bits per heavy atom. The summed E-state index contributed by atoms with van der Waals surface area (Å²) in [5.74, 6) is 0.130. The van der Waals surface area contributed by atoms with Crippen LogP contribution in [-0.4, -0.2) is 34.9 Å². The van der Waals surface area contributed by atoms with E-state index in [-0.39, 0.29) is 11.9 Å². The van der Waals surface area contributed by atoms with Crippen molar-refractivity contribution in [2.24, 2.45) is 5.73 Å². The lowest BCUT2D eigenvalue weighted by Crippen LogP contribution is -2.41. The molecule has 0 aliphatic rings. The number of nitrogens with one attached hydrogen (secondary N) is 1. The number of amides is 1. The van der Waals surface area contributed by atoms with Crippen LogP contribution in [0.3, 0.4) is 0 Å². The number of nitrogens with two attached hydrogens (primary N) is 1. The zero-order valence-corrected chi connectivity index (χ0v) is 11.5. The van der Waals surface area contributed by atoms with Crippen molar-refractivity contribution in [2.75, 3.05) is 13.1 Å². The Balaban J connectivity index is 2.18. The molecule has 4 nitrogen and oxygen atoms in total. The molecule has 0 saturated heterocycles. The molecule has 3 N–H and O–H groups in total. The average Bonchev–Trinajstić information content (AvgIpc) is 2.79. The molecule has 2 aromatic rings. The lowest BCUT2D eigenvalue weighted by atomic mass is 10.1. The highest BCUT2D eigenvalue weighted by Crippen LogP contribution is 2.19. The highest BCUT2D eigenvalue weighted by molar-refractivity contribution is 5.88. The third-order valence-electron chi connectivity index (χ3n) is 3.33. The second-order valence-corrected chi connectivity index (χ2v) is 5.01. The third kappa shape index (κ3) is 2.96. The second-order valence-electron chi connectivity index (χ2n) is 5.01. The zero-order valence-electron chi connectivity index (χ0n) is 11.5. The molecule has 0 bridgehead atoms. The van der Waals surface area contributed by atoms with Gasteiger partial charge >= 0.3 is 0 Å². The summed E-state index contributed by atoms with van der Waals surface area (Å²) in [4.78, 5) is 17.4. The van der Waals surface area contributed by atoms with E-state index >= 15 is 0 Å². The number of carbonyl (C=O) groups excluding carboxylic acids is 1. The van der Waals surface area contributed by atoms with Gasteiger partial charge in [-0.15, -0.1) is 0 Å². The van der Waals surface area contributed by atoms with Gasteiger partial charge in [-0.25, -0.2) is 0 Å². The summed E-state index contributed by atoms with van der Waals surface area (Å²) in [6.45, 7) is 5.14. The minimum atomic E-state index is 0.130. The van der Waals surface area contributed by atoms with E-state index in [1.54, 1.807) is 0 Å². The smallest absolute Gasteiger partial charge is 0.227 e. The van der Waals surface area contributed by atoms with Gasteiger partial charge in [-0.1, -0.05) is 18.2 Å². The normalized spacial score (nSPS) is 11.2. The summed E-state index contributed by atoms with van der Waals surface area (Å²) < 4.78 is 0. The largest absolute Gasteiger partial charge is 0.361 e. The number of carbonyl (C=O) groups is 1. The van der Waals surface area contributed by atoms with Crippen LogP contribution in [0.25, 0.3) is 10.9 Å². The van der Waals surface area contributed by atoms with E-state index in [1.807, 2.05) is 49.2 Å². The molecule has 0 radical (unpaired) electrons. The number of para-hydroxylation sites is 1. The van der Waals surface area contributed by atoms with Gasteiger partial charge in [0, 0.05) is 36.2 Å². The molecular weight excluding hydrogens is 238 g/mol. The molecule has 0 atom stereocenters. The zero-order chi connectivity index (χ0) is 13.8. The molecule has 0 saturated carbocycles. The maximum absolute atomic E-state index is 12.3. The van der Waals surface area contributed by atoms with Crippen molar-refractivity contribution < 1.29 is 4.79 Å². The number of aromatic nitrogens is 1. The molecule has 1 amide bonds. The quantitative estimate of drug-likeness (QED) is 0.861. The summed E-state index contributed by atoms with van der Waals surface area (Å²) in [5, 5.41) is 1.12. The topological polar surface area (TPSA) is 62.1 Å². The van der Waals surface area contributed by atoms with Gasteiger partial charge < -0.3 is 15.6 Å². The van der Waals surface area contributed by atoms with Crippen LogP contribution < -0.4 is 5.73 Å². The fraction of sp³-hybridized carbons (Fsp3) is 0.400. The highest BCUT2D eigenvalue weighted by Gasteiger charge is 2.17. The molecule has 0 spiro atoms. The maximum Gasteiger partial charge on any atom is 0.227 e. The van der Waals surface area contributed by atoms with E-state index in [0.717, 1.165) is 16.5 Å². The van der Waals surface area contributed by atoms with Crippen molar-refractivity contribution in [2.45, 2.75) is 26.3 Å². The molecule has 1 heterocycles. The predicted molar refractivity (Wildman–Crippen MR) is 77.9 cm³/mol. The first-order valence-electron chi connectivity index (χ1n) is 6.68. The van der Waals surface area contributed by atoms with Crippen LogP contribution >= 0.6 is 0 Å². The van der Waals surface area contributed by atoms with Gasteiger partial charge in [0.2, 0.25) is 5.91 Å². The monoisotopic (exact) mass is 259 g/mol. The van der Waals surface area contributed by atoms with E-state index in [0.29, 0.717) is 19.5 Å². The van der Waals surface area contributed by atoms with Crippen molar-refractivity contribution in [3.63, 3.8) is 0 Å². The first-order chi connectivity index (χ1) is 9.13. The van der Waals surface area contributed by atoms with Crippen molar-refractivity contribution in [1.82, 2.24) is 9.88 Å². The molecule has 0 fully saturated rings. The van der Waals surface area contributed by atoms with E-state index in [2.05, 4.69) is 4.98 Å². The Morgan fingerprint density at radius 3 is 2.79 bits per heavy atom. The van der Waals surface area contributed by atoms with Gasteiger partial charge in [0.05, 0.1) is 6.42 Å². The van der Waals surface area contributed by atoms with Crippen LogP contribution in [0.5, 0.6) is 0 Å². The van der Waals surface area contributed by atoms with Crippen LogP contribution in [0.15, 0.2) is 30.5 Å². The van der Waals surface area contributed by atoms with Gasteiger partial charge in [0.25, 0.3) is 0 Å². The fourth-order valence-electron chi connectivity index (χ4n) is 2.35. The van der Waals surface area contributed by atoms with Crippen LogP contribution in [0.2, 0.25) is 0 Å². The number of nitrogens with zero attached hydrogens (tertiary/aromatic N) is 1. The predicted octanol–water partition coefficient (Wildman–Crippen LogP) is 1.91. The summed E-state index contributed by atoms with van der Waals surface area (Å²) >= 11 is 0. The summed E-state index contributed by atoms with van der Waals surface area (Å²) in [7, 11) is 0. The molecule has 0 aliphatic carbocycles. The minimum absolute atomic E-state index is 0.130. The molecule has 4 heteroatoms. The Bertz CT molecular complexity index is 559. The molecular formula is C15H21N3O. The second kappa shape index (κ2) is 5.89. The number of benzene rings is 1. The van der Waals surface area contributed by atoms with Gasteiger partial charge in [0.15, 0.2) is 0 Å². The summed E-state index contributed by atoms with van der Waals surface area (Å²) in [5.41, 5.74) is 7.68. The number of hydrogen-bond acceptors (Lipinski definition) is 2. The molecule has 19 heavy (non-hydrogen) atoms. The van der Waals surface area contributed by atoms with Crippen molar-refractivity contribution in [1.29, 1.82) is 0 Å². The number of aromatic amines is 1. The summed E-state index contributed by atoms with van der Waals surface area (Å²) in [6, 6.07) is 8.21. The van der Waals surface area contributed by atoms with Gasteiger partial charge in [-0.05, 0) is 25.5 Å². The van der Waals surface area contributed by atoms with Crippen LogP contribution in [0.4, 0.5) is 0 Å². The number of H-pyrrole nitrogens is 1. The Morgan fingerprint density at radius 2 is 2.11 bits per heavy atom. The molecule has 1 aromatic heterocycles. The van der Waals surface area contributed by atoms with Gasteiger partial charge in [0.1, 0.15) is 0 Å². The Hall–Kier alpha value is -1.81. The van der Waals surface area contributed by atoms with E-state index < -0.39 is 0 Å². The lowest BCUT2D eigenvalue weighted by Gasteiger charge is -2.26. The molecule has 102 valence electrons. The van der Waals surface area contributed by atoms with Crippen molar-refractivity contribution in [3.05, 3.63) is 36.0 Å². The maximum atomic E-state index is 12.3. The van der Waals surface area contributed by atoms with Crippen LogP contribution in [-0.2, 0) is 11.2 Å². The fourth-order valence-corrected chi connectivity index (χ4v) is 2.35. The van der Waals surface area contributed by atoms with Crippen LogP contribution in [0.1, 0.15) is 19.4 Å². The SMILES string of the molecule is CC(C)N(CCN)C(=O)Cc1c[nH]c2ccccc12. The van der Waals surface area contributed by atoms with Gasteiger partial charge in [-0.2, -0.15) is 0 Å². The first kappa shape index (κ1) is 13.6. The lowest BCUT2D eigenvalue weighted by molar-refractivity contribution is -0.132. The number of fused-ring (bicyclic) bond motifs is 1. The van der Waals surface area contributed by atoms with E-state index in [9.17, 15) is 4.79 Å².